The highest BCUT2D eigenvalue weighted by molar-refractivity contribution is 6.07. The molecule has 0 aromatic heterocycles. The van der Waals surface area contributed by atoms with Gasteiger partial charge in [-0.3, -0.25) is 15.0 Å². The molecule has 2 heterocycles. The number of nitrogens with zero attached hydrogens (tertiary/aromatic N) is 2. The third-order valence-electron chi connectivity index (χ3n) is 6.67. The Bertz CT molecular complexity index is 1050. The van der Waals surface area contributed by atoms with E-state index in [2.05, 4.69) is 24.1 Å². The number of likely N-dealkylation sites (tertiary alicyclic amines) is 1. The second-order valence-corrected chi connectivity index (χ2v) is 11.1. The number of morpholine rings is 1. The molecule has 35 heavy (non-hydrogen) atoms. The first-order valence-corrected chi connectivity index (χ1v) is 12.8. The van der Waals surface area contributed by atoms with Gasteiger partial charge in [0.05, 0.1) is 23.5 Å². The zero-order valence-corrected chi connectivity index (χ0v) is 21.7. The third-order valence-corrected chi connectivity index (χ3v) is 6.67. The molecule has 0 aliphatic carbocycles. The predicted octanol–water partition coefficient (Wildman–Crippen LogP) is 5.15. The molecule has 2 saturated heterocycles. The Balaban J connectivity index is 1.45. The summed E-state index contributed by atoms with van der Waals surface area (Å²) in [4.78, 5) is 30.6. The van der Waals surface area contributed by atoms with Crippen LogP contribution in [0.5, 0.6) is 0 Å². The number of ether oxygens (including phenoxy) is 2. The molecule has 190 valence electrons. The van der Waals surface area contributed by atoms with Gasteiger partial charge < -0.3 is 14.4 Å². The number of benzene rings is 2. The Kier molecular flexibility index (Phi) is 7.67. The zero-order valence-electron chi connectivity index (χ0n) is 21.7. The van der Waals surface area contributed by atoms with E-state index in [4.69, 9.17) is 9.47 Å². The lowest BCUT2D eigenvalue weighted by molar-refractivity contribution is -0.0728. The Hall–Kier alpha value is -2.64. The highest BCUT2D eigenvalue weighted by Crippen LogP contribution is 2.28. The van der Waals surface area contributed by atoms with Crippen molar-refractivity contribution in [3.63, 3.8) is 0 Å². The Labute approximate surface area is 208 Å². The van der Waals surface area contributed by atoms with Crippen molar-refractivity contribution in [3.8, 4) is 0 Å². The summed E-state index contributed by atoms with van der Waals surface area (Å²) in [6.07, 6.45) is 1.94. The zero-order chi connectivity index (χ0) is 25.2. The summed E-state index contributed by atoms with van der Waals surface area (Å²) in [6, 6.07) is 11.6. The first kappa shape index (κ1) is 25.5. The minimum Gasteiger partial charge on any atom is -0.444 e. The topological polar surface area (TPSA) is 71.1 Å². The molecular formula is C28H39N3O4. The smallest absolute Gasteiger partial charge is 0.412 e. The number of carbonyl (C=O) groups excluding carboxylic acids is 2. The van der Waals surface area contributed by atoms with Crippen LogP contribution in [-0.4, -0.2) is 72.3 Å². The van der Waals surface area contributed by atoms with E-state index in [9.17, 15) is 9.59 Å². The Morgan fingerprint density at radius 1 is 1.03 bits per heavy atom. The summed E-state index contributed by atoms with van der Waals surface area (Å²) in [6.45, 7) is 14.2. The van der Waals surface area contributed by atoms with E-state index in [0.717, 1.165) is 56.3 Å². The van der Waals surface area contributed by atoms with Gasteiger partial charge >= 0.3 is 6.09 Å². The molecule has 0 bridgehead atoms. The maximum Gasteiger partial charge on any atom is 0.412 e. The van der Waals surface area contributed by atoms with Crippen LogP contribution >= 0.6 is 0 Å². The molecule has 2 aromatic carbocycles. The van der Waals surface area contributed by atoms with Gasteiger partial charge in [-0.25, -0.2) is 4.79 Å². The van der Waals surface area contributed by atoms with Crippen LogP contribution in [0, 0.1) is 5.92 Å². The fraction of sp³-hybridized carbons (Fsp3) is 0.571. The van der Waals surface area contributed by atoms with Crippen molar-refractivity contribution in [1.82, 2.24) is 9.80 Å². The van der Waals surface area contributed by atoms with E-state index in [0.29, 0.717) is 17.2 Å². The van der Waals surface area contributed by atoms with Gasteiger partial charge in [-0.2, -0.15) is 0 Å². The standard InChI is InChI=1S/C28H39N3O4/c1-19-16-30(17-20(2)34-19)18-21-10-12-31(13-11-21)26(32)24-14-22-8-6-7-9-23(22)15-25(24)29-27(33)35-28(3,4)5/h6-9,14-15,19-21H,10-13,16-18H2,1-5H3,(H,29,33). The average Bonchev–Trinajstić information content (AvgIpc) is 2.76. The van der Waals surface area contributed by atoms with E-state index in [1.165, 1.54) is 0 Å². The van der Waals surface area contributed by atoms with E-state index in [-0.39, 0.29) is 18.1 Å². The maximum absolute atomic E-state index is 13.6. The highest BCUT2D eigenvalue weighted by atomic mass is 16.6. The number of hydrogen-bond acceptors (Lipinski definition) is 5. The minimum atomic E-state index is -0.622. The summed E-state index contributed by atoms with van der Waals surface area (Å²) < 4.78 is 11.3. The number of fused-ring (bicyclic) bond motifs is 1. The SMILES string of the molecule is CC1CN(CC2CCN(C(=O)c3cc4ccccc4cc3NC(=O)OC(C)(C)C)CC2)CC(C)O1. The lowest BCUT2D eigenvalue weighted by atomic mass is 9.94. The van der Waals surface area contributed by atoms with Crippen molar-refractivity contribution in [2.45, 2.75) is 65.3 Å². The second kappa shape index (κ2) is 10.5. The fourth-order valence-corrected chi connectivity index (χ4v) is 5.22. The molecule has 2 atom stereocenters. The second-order valence-electron chi connectivity index (χ2n) is 11.1. The molecule has 2 amide bonds. The number of piperidine rings is 1. The molecule has 2 aliphatic heterocycles. The predicted molar refractivity (Wildman–Crippen MR) is 139 cm³/mol. The van der Waals surface area contributed by atoms with E-state index in [1.807, 2.05) is 62.1 Å². The molecule has 0 spiro atoms. The van der Waals surface area contributed by atoms with Crippen LogP contribution in [0.3, 0.4) is 0 Å². The first-order valence-electron chi connectivity index (χ1n) is 12.8. The molecule has 2 fully saturated rings. The molecule has 7 nitrogen and oxygen atoms in total. The van der Waals surface area contributed by atoms with Gasteiger partial charge in [-0.15, -0.1) is 0 Å². The fourth-order valence-electron chi connectivity index (χ4n) is 5.22. The van der Waals surface area contributed by atoms with Crippen LogP contribution in [0.15, 0.2) is 36.4 Å². The van der Waals surface area contributed by atoms with Crippen molar-refractivity contribution in [2.75, 3.05) is 38.0 Å². The van der Waals surface area contributed by atoms with Gasteiger partial charge in [0.2, 0.25) is 0 Å². The van der Waals surface area contributed by atoms with Crippen LogP contribution in [0.4, 0.5) is 10.5 Å². The van der Waals surface area contributed by atoms with E-state index in [1.54, 1.807) is 0 Å². The van der Waals surface area contributed by atoms with E-state index < -0.39 is 11.7 Å². The molecular weight excluding hydrogens is 442 g/mol. The first-order chi connectivity index (χ1) is 16.6. The van der Waals surface area contributed by atoms with Crippen LogP contribution in [0.25, 0.3) is 10.8 Å². The minimum absolute atomic E-state index is 0.0473. The van der Waals surface area contributed by atoms with Crippen molar-refractivity contribution in [1.29, 1.82) is 0 Å². The Morgan fingerprint density at radius 2 is 1.63 bits per heavy atom. The van der Waals surface area contributed by atoms with Gasteiger partial charge in [0.25, 0.3) is 5.91 Å². The van der Waals surface area contributed by atoms with Crippen LogP contribution in [-0.2, 0) is 9.47 Å². The number of nitrogens with one attached hydrogen (secondary N) is 1. The summed E-state index contributed by atoms with van der Waals surface area (Å²) in [5.41, 5.74) is 0.369. The summed E-state index contributed by atoms with van der Waals surface area (Å²) in [5, 5.41) is 4.75. The molecule has 2 aliphatic rings. The van der Waals surface area contributed by atoms with Crippen LogP contribution in [0.1, 0.15) is 57.8 Å². The number of carbonyl (C=O) groups is 2. The lowest BCUT2D eigenvalue weighted by Gasteiger charge is -2.39. The van der Waals surface area contributed by atoms with Crippen LogP contribution < -0.4 is 5.32 Å². The quantitative estimate of drug-likeness (QED) is 0.654. The molecule has 4 rings (SSSR count). The molecule has 1 N–H and O–H groups in total. The normalized spacial score (nSPS) is 22.3. The van der Waals surface area contributed by atoms with Crippen molar-refractivity contribution in [2.24, 2.45) is 5.92 Å². The maximum atomic E-state index is 13.6. The number of anilines is 1. The largest absolute Gasteiger partial charge is 0.444 e. The Morgan fingerprint density at radius 3 is 2.23 bits per heavy atom. The third kappa shape index (κ3) is 6.73. The lowest BCUT2D eigenvalue weighted by Crippen LogP contribution is -2.48. The molecule has 2 aromatic rings. The number of rotatable bonds is 4. The molecule has 2 unspecified atom stereocenters. The summed E-state index contributed by atoms with van der Waals surface area (Å²) >= 11 is 0. The van der Waals surface area contributed by atoms with Gasteiger partial charge in [-0.1, -0.05) is 24.3 Å². The summed E-state index contributed by atoms with van der Waals surface area (Å²) in [7, 11) is 0. The molecule has 0 radical (unpaired) electrons. The van der Waals surface area contributed by atoms with Crippen molar-refractivity contribution < 1.29 is 19.1 Å². The number of hydrogen-bond donors (Lipinski definition) is 1. The van der Waals surface area contributed by atoms with Crippen molar-refractivity contribution in [3.05, 3.63) is 42.0 Å². The van der Waals surface area contributed by atoms with Gasteiger partial charge in [0.15, 0.2) is 0 Å². The summed E-state index contributed by atoms with van der Waals surface area (Å²) in [5.74, 6) is 0.529. The van der Waals surface area contributed by atoms with E-state index >= 15 is 0 Å². The van der Waals surface area contributed by atoms with Crippen molar-refractivity contribution >= 4 is 28.5 Å². The van der Waals surface area contributed by atoms with Crippen LogP contribution in [0.2, 0.25) is 0 Å². The molecule has 7 heteroatoms. The molecule has 0 saturated carbocycles. The highest BCUT2D eigenvalue weighted by Gasteiger charge is 2.29. The van der Waals surface area contributed by atoms with Gasteiger partial charge in [0.1, 0.15) is 5.60 Å². The monoisotopic (exact) mass is 481 g/mol. The average molecular weight is 482 g/mol. The number of amides is 2. The van der Waals surface area contributed by atoms with Gasteiger partial charge in [-0.05, 0) is 76.3 Å². The van der Waals surface area contributed by atoms with Gasteiger partial charge in [0, 0.05) is 32.7 Å².